The van der Waals surface area contributed by atoms with Crippen LogP contribution in [0.15, 0.2) is 109 Å². The third-order valence-electron chi connectivity index (χ3n) is 8.90. The third kappa shape index (κ3) is 10.9. The first-order chi connectivity index (χ1) is 24.8. The molecule has 0 saturated carbocycles. The van der Waals surface area contributed by atoms with Gasteiger partial charge in [-0.25, -0.2) is 4.79 Å². The standard InChI is InChI=1S/C42H46B2N2O5/c1-31(2)42(48)51-25-24-50-22-19-46(28-35-12-5-8-17-40(35)44)30-38-37-15-6-3-10-32(37)26-33-13-9-14-36(41(33)38)29-45(18-21-49-23-20-47)27-34-11-4-7-16-39(34)43/h3-17,26,47H,1,18-25,27-30H2,2H3. The molecule has 0 heterocycles. The zero-order valence-corrected chi connectivity index (χ0v) is 29.6. The summed E-state index contributed by atoms with van der Waals surface area (Å²) in [5, 5.41) is 14.1. The van der Waals surface area contributed by atoms with Crippen molar-refractivity contribution in [2.45, 2.75) is 33.1 Å². The minimum Gasteiger partial charge on any atom is -0.460 e. The average Bonchev–Trinajstić information content (AvgIpc) is 3.13. The fraction of sp³-hybridized carbons (Fsp3) is 0.310. The van der Waals surface area contributed by atoms with Crippen LogP contribution in [-0.2, 0) is 45.2 Å². The van der Waals surface area contributed by atoms with Crippen LogP contribution in [0.1, 0.15) is 29.2 Å². The van der Waals surface area contributed by atoms with Gasteiger partial charge in [-0.05, 0) is 56.8 Å². The van der Waals surface area contributed by atoms with E-state index in [0.29, 0.717) is 71.3 Å². The van der Waals surface area contributed by atoms with E-state index < -0.39 is 5.97 Å². The molecule has 4 radical (unpaired) electrons. The van der Waals surface area contributed by atoms with Crippen molar-refractivity contribution in [1.82, 2.24) is 9.80 Å². The minimum atomic E-state index is -0.415. The van der Waals surface area contributed by atoms with Crippen molar-refractivity contribution < 1.29 is 24.1 Å². The van der Waals surface area contributed by atoms with Crippen molar-refractivity contribution in [1.29, 1.82) is 0 Å². The molecule has 0 aliphatic carbocycles. The maximum Gasteiger partial charge on any atom is 0.333 e. The van der Waals surface area contributed by atoms with E-state index in [-0.39, 0.29) is 13.2 Å². The molecule has 0 amide bonds. The number of hydrogen-bond acceptors (Lipinski definition) is 7. The van der Waals surface area contributed by atoms with E-state index in [0.717, 1.165) is 22.1 Å². The van der Waals surface area contributed by atoms with Gasteiger partial charge in [-0.15, -0.1) is 0 Å². The summed E-state index contributed by atoms with van der Waals surface area (Å²) >= 11 is 0. The van der Waals surface area contributed by atoms with Crippen LogP contribution >= 0.6 is 0 Å². The van der Waals surface area contributed by atoms with Gasteiger partial charge < -0.3 is 19.3 Å². The number of fused-ring (bicyclic) bond motifs is 2. The number of esters is 1. The molecule has 0 bridgehead atoms. The Kier molecular flexibility index (Phi) is 14.4. The first-order valence-electron chi connectivity index (χ1n) is 17.5. The van der Waals surface area contributed by atoms with Crippen LogP contribution in [0.3, 0.4) is 0 Å². The van der Waals surface area contributed by atoms with Gasteiger partial charge in [0.05, 0.1) is 33.0 Å². The number of ether oxygens (including phenoxy) is 3. The van der Waals surface area contributed by atoms with Crippen LogP contribution in [0.5, 0.6) is 0 Å². The Hall–Kier alpha value is -4.24. The van der Waals surface area contributed by atoms with Crippen molar-refractivity contribution in [3.8, 4) is 0 Å². The Morgan fingerprint density at radius 2 is 1.22 bits per heavy atom. The van der Waals surface area contributed by atoms with E-state index in [9.17, 15) is 9.90 Å². The number of aliphatic hydroxyl groups is 1. The molecule has 260 valence electrons. The van der Waals surface area contributed by atoms with E-state index >= 15 is 0 Å². The van der Waals surface area contributed by atoms with Crippen LogP contribution in [0.4, 0.5) is 0 Å². The second-order valence-electron chi connectivity index (χ2n) is 12.8. The zero-order chi connectivity index (χ0) is 36.0. The number of rotatable bonds is 20. The second-order valence-corrected chi connectivity index (χ2v) is 12.8. The Morgan fingerprint density at radius 1 is 0.667 bits per heavy atom. The number of nitrogens with zero attached hydrogens (tertiary/aromatic N) is 2. The van der Waals surface area contributed by atoms with Gasteiger partial charge in [-0.3, -0.25) is 9.80 Å². The van der Waals surface area contributed by atoms with Gasteiger partial charge in [0.2, 0.25) is 0 Å². The Labute approximate surface area is 304 Å². The number of carbonyl (C=O) groups excluding carboxylic acids is 1. The van der Waals surface area contributed by atoms with Gasteiger partial charge in [-0.1, -0.05) is 109 Å². The van der Waals surface area contributed by atoms with Gasteiger partial charge in [-0.2, -0.15) is 0 Å². The van der Waals surface area contributed by atoms with Crippen molar-refractivity contribution >= 4 is 54.1 Å². The minimum absolute atomic E-state index is 0.00990. The maximum atomic E-state index is 11.8. The molecule has 7 nitrogen and oxygen atoms in total. The topological polar surface area (TPSA) is 71.5 Å². The molecular formula is C42H46B2N2O5. The van der Waals surface area contributed by atoms with Crippen LogP contribution in [0, 0.1) is 0 Å². The Bertz CT molecular complexity index is 1920. The summed E-state index contributed by atoms with van der Waals surface area (Å²) in [6, 6.07) is 33.3. The van der Waals surface area contributed by atoms with Crippen molar-refractivity contribution in [2.24, 2.45) is 0 Å². The molecular weight excluding hydrogens is 634 g/mol. The van der Waals surface area contributed by atoms with Crippen molar-refractivity contribution in [3.05, 3.63) is 131 Å². The molecule has 0 saturated heterocycles. The van der Waals surface area contributed by atoms with Crippen LogP contribution in [0.25, 0.3) is 21.5 Å². The lowest BCUT2D eigenvalue weighted by Crippen LogP contribution is -2.30. The summed E-state index contributed by atoms with van der Waals surface area (Å²) in [6.45, 7) is 10.9. The average molecular weight is 680 g/mol. The Balaban J connectivity index is 1.48. The molecule has 0 fully saturated rings. The fourth-order valence-electron chi connectivity index (χ4n) is 6.31. The van der Waals surface area contributed by atoms with Crippen LogP contribution in [-0.4, -0.2) is 89.3 Å². The monoisotopic (exact) mass is 680 g/mol. The number of hydrogen-bond donors (Lipinski definition) is 1. The number of benzene rings is 5. The van der Waals surface area contributed by atoms with E-state index in [1.807, 2.05) is 36.4 Å². The summed E-state index contributed by atoms with van der Waals surface area (Å²) in [5.74, 6) is -0.415. The van der Waals surface area contributed by atoms with Crippen LogP contribution in [0.2, 0.25) is 0 Å². The summed E-state index contributed by atoms with van der Waals surface area (Å²) in [4.78, 5) is 16.5. The molecule has 5 aromatic rings. The molecule has 51 heavy (non-hydrogen) atoms. The van der Waals surface area contributed by atoms with E-state index in [1.54, 1.807) is 6.92 Å². The molecule has 0 unspecified atom stereocenters. The molecule has 9 heteroatoms. The molecule has 0 aromatic heterocycles. The summed E-state index contributed by atoms with van der Waals surface area (Å²) in [5.41, 5.74) is 6.43. The molecule has 0 atom stereocenters. The molecule has 0 spiro atoms. The zero-order valence-electron chi connectivity index (χ0n) is 29.6. The van der Waals surface area contributed by atoms with Crippen LogP contribution < -0.4 is 10.9 Å². The maximum absolute atomic E-state index is 11.8. The Morgan fingerprint density at radius 3 is 1.86 bits per heavy atom. The second kappa shape index (κ2) is 19.4. The quantitative estimate of drug-likeness (QED) is 0.0420. The highest BCUT2D eigenvalue weighted by molar-refractivity contribution is 6.33. The predicted octanol–water partition coefficient (Wildman–Crippen LogP) is 4.73. The summed E-state index contributed by atoms with van der Waals surface area (Å²) < 4.78 is 16.9. The molecule has 0 aliphatic heterocycles. The number of carbonyl (C=O) groups is 1. The summed E-state index contributed by atoms with van der Waals surface area (Å²) in [7, 11) is 12.8. The van der Waals surface area contributed by atoms with E-state index in [1.165, 1.54) is 32.7 Å². The lowest BCUT2D eigenvalue weighted by Gasteiger charge is -2.27. The molecule has 1 N–H and O–H groups in total. The lowest BCUT2D eigenvalue weighted by atomic mass is 9.89. The van der Waals surface area contributed by atoms with Gasteiger partial charge in [0, 0.05) is 44.8 Å². The summed E-state index contributed by atoms with van der Waals surface area (Å²) in [6.07, 6.45) is 0. The SMILES string of the molecule is [B]c1ccccc1CN(CCOCCO)Cc1cccc2cc3ccccc3c(CN(CCOCCOC(=O)C(=C)C)Cc3ccccc3[B])c12. The fourth-order valence-corrected chi connectivity index (χ4v) is 6.31. The number of aliphatic hydroxyl groups excluding tert-OH is 1. The first kappa shape index (κ1) is 38.0. The van der Waals surface area contributed by atoms with Crippen molar-refractivity contribution in [3.63, 3.8) is 0 Å². The highest BCUT2D eigenvalue weighted by Gasteiger charge is 2.18. The van der Waals surface area contributed by atoms with E-state index in [2.05, 4.69) is 77.0 Å². The largest absolute Gasteiger partial charge is 0.460 e. The highest BCUT2D eigenvalue weighted by Crippen LogP contribution is 2.33. The smallest absolute Gasteiger partial charge is 0.333 e. The third-order valence-corrected chi connectivity index (χ3v) is 8.90. The van der Waals surface area contributed by atoms with Gasteiger partial charge in [0.15, 0.2) is 0 Å². The van der Waals surface area contributed by atoms with Gasteiger partial charge in [0.25, 0.3) is 0 Å². The van der Waals surface area contributed by atoms with Crippen molar-refractivity contribution in [2.75, 3.05) is 52.7 Å². The van der Waals surface area contributed by atoms with Gasteiger partial charge >= 0.3 is 5.97 Å². The molecule has 5 rings (SSSR count). The highest BCUT2D eigenvalue weighted by atomic mass is 16.6. The predicted molar refractivity (Wildman–Crippen MR) is 208 cm³/mol. The van der Waals surface area contributed by atoms with E-state index in [4.69, 9.17) is 29.9 Å². The lowest BCUT2D eigenvalue weighted by molar-refractivity contribution is -0.140. The molecule has 5 aromatic carbocycles. The van der Waals surface area contributed by atoms with Gasteiger partial charge in [0.1, 0.15) is 22.3 Å². The molecule has 0 aliphatic rings. The first-order valence-corrected chi connectivity index (χ1v) is 17.5. The normalized spacial score (nSPS) is 11.5.